The van der Waals surface area contributed by atoms with Crippen LogP contribution in [0.5, 0.6) is 0 Å². The van der Waals surface area contributed by atoms with E-state index in [1.807, 2.05) is 13.8 Å². The van der Waals surface area contributed by atoms with Gasteiger partial charge < -0.3 is 21.7 Å². The van der Waals surface area contributed by atoms with E-state index in [4.69, 9.17) is 11.5 Å². The van der Waals surface area contributed by atoms with E-state index in [-0.39, 0.29) is 25.0 Å². The number of aliphatic hydroxyl groups is 2. The fourth-order valence-electron chi connectivity index (χ4n) is 2.02. The van der Waals surface area contributed by atoms with Crippen LogP contribution in [0.4, 0.5) is 0 Å². The summed E-state index contributed by atoms with van der Waals surface area (Å²) in [6, 6.07) is 0. The molecule has 0 aliphatic rings. The highest BCUT2D eigenvalue weighted by molar-refractivity contribution is 4.96. The van der Waals surface area contributed by atoms with Crippen LogP contribution in [-0.2, 0) is 0 Å². The number of hydrogen-bond donors (Lipinski definition) is 4. The van der Waals surface area contributed by atoms with Gasteiger partial charge in [0.05, 0.1) is 0 Å². The van der Waals surface area contributed by atoms with Crippen LogP contribution in [0.15, 0.2) is 0 Å². The fourth-order valence-corrected chi connectivity index (χ4v) is 2.02. The summed E-state index contributed by atoms with van der Waals surface area (Å²) in [5, 5.41) is 18.4. The largest absolute Gasteiger partial charge is 0.396 e. The van der Waals surface area contributed by atoms with E-state index >= 15 is 0 Å². The lowest BCUT2D eigenvalue weighted by atomic mass is 9.73. The van der Waals surface area contributed by atoms with Gasteiger partial charge >= 0.3 is 0 Å². The van der Waals surface area contributed by atoms with Gasteiger partial charge in [-0.15, -0.1) is 0 Å². The van der Waals surface area contributed by atoms with E-state index in [0.717, 1.165) is 12.8 Å². The average Bonchev–Trinajstić information content (AvgIpc) is 2.21. The van der Waals surface area contributed by atoms with Crippen molar-refractivity contribution in [3.63, 3.8) is 0 Å². The Morgan fingerprint density at radius 3 is 1.57 bits per heavy atom. The van der Waals surface area contributed by atoms with E-state index in [0.29, 0.717) is 6.54 Å². The normalized spacial score (nSPS) is 20.1. The van der Waals surface area contributed by atoms with Gasteiger partial charge in [0.2, 0.25) is 0 Å². The molecule has 0 aromatic rings. The van der Waals surface area contributed by atoms with Crippen molar-refractivity contribution in [3.05, 3.63) is 0 Å². The van der Waals surface area contributed by atoms with Crippen molar-refractivity contribution in [2.24, 2.45) is 23.3 Å². The zero-order chi connectivity index (χ0) is 11.2. The monoisotopic (exact) mass is 204 g/mol. The van der Waals surface area contributed by atoms with Crippen molar-refractivity contribution in [3.8, 4) is 0 Å². The van der Waals surface area contributed by atoms with Crippen LogP contribution in [0.2, 0.25) is 0 Å². The van der Waals surface area contributed by atoms with E-state index in [2.05, 4.69) is 0 Å². The minimum Gasteiger partial charge on any atom is -0.396 e. The third kappa shape index (κ3) is 2.67. The molecule has 14 heavy (non-hydrogen) atoms. The van der Waals surface area contributed by atoms with Crippen molar-refractivity contribution >= 4 is 0 Å². The first kappa shape index (κ1) is 13.8. The molecule has 2 atom stereocenters. The predicted molar refractivity (Wildman–Crippen MR) is 57.7 cm³/mol. The Kier molecular flexibility index (Phi) is 6.27. The van der Waals surface area contributed by atoms with Crippen LogP contribution in [0.1, 0.15) is 26.7 Å². The van der Waals surface area contributed by atoms with Crippen LogP contribution in [-0.4, -0.2) is 35.5 Å². The summed E-state index contributed by atoms with van der Waals surface area (Å²) in [7, 11) is 0. The van der Waals surface area contributed by atoms with E-state index < -0.39 is 5.54 Å². The fraction of sp³-hybridized carbons (Fsp3) is 1.00. The standard InChI is InChI=1S/C10H24N2O2/c1-3-8(5-13)10(12,7-11)9(4-2)6-14/h8-9,13-14H,3-7,11-12H2,1-2H3. The maximum absolute atomic E-state index is 9.22. The maximum Gasteiger partial charge on any atom is 0.0477 e. The highest BCUT2D eigenvalue weighted by Crippen LogP contribution is 2.27. The van der Waals surface area contributed by atoms with Gasteiger partial charge in [-0.2, -0.15) is 0 Å². The molecule has 0 aromatic carbocycles. The molecule has 0 heterocycles. The Labute approximate surface area is 86.3 Å². The Balaban J connectivity index is 4.72. The first-order valence-corrected chi connectivity index (χ1v) is 5.31. The maximum atomic E-state index is 9.22. The number of aliphatic hydroxyl groups excluding tert-OH is 2. The van der Waals surface area contributed by atoms with E-state index in [1.165, 1.54) is 0 Å². The van der Waals surface area contributed by atoms with Gasteiger partial charge in [0.15, 0.2) is 0 Å². The van der Waals surface area contributed by atoms with Gasteiger partial charge in [-0.1, -0.05) is 13.8 Å². The third-order valence-corrected chi connectivity index (χ3v) is 3.30. The summed E-state index contributed by atoms with van der Waals surface area (Å²) >= 11 is 0. The average molecular weight is 204 g/mol. The van der Waals surface area contributed by atoms with Gasteiger partial charge in [-0.25, -0.2) is 0 Å². The zero-order valence-electron chi connectivity index (χ0n) is 9.24. The number of nitrogens with two attached hydrogens (primary N) is 2. The van der Waals surface area contributed by atoms with Crippen molar-refractivity contribution in [1.29, 1.82) is 0 Å². The molecule has 0 saturated heterocycles. The number of hydrogen-bond acceptors (Lipinski definition) is 4. The second-order valence-corrected chi connectivity index (χ2v) is 3.89. The van der Waals surface area contributed by atoms with Gasteiger partial charge in [0.1, 0.15) is 0 Å². The molecule has 0 amide bonds. The van der Waals surface area contributed by atoms with Crippen LogP contribution in [0.3, 0.4) is 0 Å². The first-order chi connectivity index (χ1) is 6.60. The smallest absolute Gasteiger partial charge is 0.0477 e. The van der Waals surface area contributed by atoms with Gasteiger partial charge in [-0.3, -0.25) is 0 Å². The molecule has 6 N–H and O–H groups in total. The van der Waals surface area contributed by atoms with E-state index in [1.54, 1.807) is 0 Å². The zero-order valence-corrected chi connectivity index (χ0v) is 9.24. The SMILES string of the molecule is CCC(CO)C(N)(CN)C(CC)CO. The molecule has 86 valence electrons. The highest BCUT2D eigenvalue weighted by Gasteiger charge is 2.38. The lowest BCUT2D eigenvalue weighted by Gasteiger charge is -2.41. The lowest BCUT2D eigenvalue weighted by molar-refractivity contribution is 0.0692. The highest BCUT2D eigenvalue weighted by atomic mass is 16.3. The molecule has 4 heteroatoms. The summed E-state index contributed by atoms with van der Waals surface area (Å²) in [6.45, 7) is 4.30. The van der Waals surface area contributed by atoms with Crippen LogP contribution >= 0.6 is 0 Å². The molecule has 0 bridgehead atoms. The molecular formula is C10H24N2O2. The summed E-state index contributed by atoms with van der Waals surface area (Å²) in [5.74, 6) is -0.0748. The lowest BCUT2D eigenvalue weighted by Crippen LogP contribution is -2.60. The van der Waals surface area contributed by atoms with Crippen LogP contribution in [0, 0.1) is 11.8 Å². The quantitative estimate of drug-likeness (QED) is 0.457. The minimum atomic E-state index is -0.646. The molecular weight excluding hydrogens is 180 g/mol. The Bertz CT molecular complexity index is 133. The van der Waals surface area contributed by atoms with Crippen LogP contribution in [0.25, 0.3) is 0 Å². The Morgan fingerprint density at radius 2 is 1.43 bits per heavy atom. The summed E-state index contributed by atoms with van der Waals surface area (Å²) in [4.78, 5) is 0. The summed E-state index contributed by atoms with van der Waals surface area (Å²) < 4.78 is 0. The van der Waals surface area contributed by atoms with Gasteiger partial charge in [-0.05, 0) is 12.8 Å². The molecule has 0 aromatic heterocycles. The minimum absolute atomic E-state index is 0.0285. The molecule has 0 spiro atoms. The van der Waals surface area contributed by atoms with Crippen molar-refractivity contribution in [1.82, 2.24) is 0 Å². The first-order valence-electron chi connectivity index (χ1n) is 5.31. The van der Waals surface area contributed by atoms with Crippen LogP contribution < -0.4 is 11.5 Å². The molecule has 0 aliphatic heterocycles. The molecule has 4 nitrogen and oxygen atoms in total. The third-order valence-electron chi connectivity index (χ3n) is 3.30. The summed E-state index contributed by atoms with van der Waals surface area (Å²) in [6.07, 6.45) is 1.56. The van der Waals surface area contributed by atoms with Gasteiger partial charge in [0, 0.05) is 37.1 Å². The molecule has 2 unspecified atom stereocenters. The second-order valence-electron chi connectivity index (χ2n) is 3.89. The molecule has 0 aliphatic carbocycles. The summed E-state index contributed by atoms with van der Waals surface area (Å²) in [5.41, 5.74) is 11.2. The molecule has 0 radical (unpaired) electrons. The molecule has 0 rings (SSSR count). The molecule has 0 saturated carbocycles. The van der Waals surface area contributed by atoms with Crippen molar-refractivity contribution in [2.45, 2.75) is 32.2 Å². The van der Waals surface area contributed by atoms with Crippen molar-refractivity contribution < 1.29 is 10.2 Å². The second kappa shape index (κ2) is 6.35. The Hall–Kier alpha value is -0.160. The Morgan fingerprint density at radius 1 is 1.07 bits per heavy atom. The van der Waals surface area contributed by atoms with Crippen molar-refractivity contribution in [2.75, 3.05) is 19.8 Å². The molecule has 0 fully saturated rings. The number of rotatable bonds is 7. The topological polar surface area (TPSA) is 92.5 Å². The van der Waals surface area contributed by atoms with Gasteiger partial charge in [0.25, 0.3) is 0 Å². The van der Waals surface area contributed by atoms with E-state index in [9.17, 15) is 10.2 Å². The predicted octanol–water partition coefficient (Wildman–Crippen LogP) is -0.320.